The molecule has 0 radical (unpaired) electrons. The number of thiocarbonyl (C=S) groups is 1. The van der Waals surface area contributed by atoms with Gasteiger partial charge in [0, 0.05) is 38.1 Å². The van der Waals surface area contributed by atoms with Gasteiger partial charge in [0.25, 0.3) is 5.97 Å². The van der Waals surface area contributed by atoms with Crippen LogP contribution in [-0.2, 0) is 4.79 Å². The number of piperazine rings is 1. The molecule has 1 fully saturated rings. The molecular formula is C16H20N4O2S. The van der Waals surface area contributed by atoms with Crippen LogP contribution in [-0.4, -0.2) is 45.7 Å². The molecule has 1 aliphatic heterocycles. The molecule has 1 aromatic heterocycles. The fraction of sp³-hybridized carbons (Fsp3) is 0.312. The standard InChI is InChI=1S/C14H16N4S.C2H4O2/c15-14(19)18-8-7-16-9-13(18)11-3-1-5-12-10(11)4-2-6-17-12;1-2(3)4/h1-6,13,16H,7-9H2,(H2,15,19);1H3,(H,3,4). The van der Waals surface area contributed by atoms with E-state index in [2.05, 4.69) is 27.3 Å². The number of nitrogens with two attached hydrogens (primary N) is 1. The lowest BCUT2D eigenvalue weighted by molar-refractivity contribution is -0.134. The Morgan fingerprint density at radius 2 is 2.17 bits per heavy atom. The van der Waals surface area contributed by atoms with E-state index in [9.17, 15) is 0 Å². The van der Waals surface area contributed by atoms with Crippen molar-refractivity contribution < 1.29 is 9.90 Å². The minimum absolute atomic E-state index is 0.180. The normalized spacial score (nSPS) is 17.3. The van der Waals surface area contributed by atoms with Crippen molar-refractivity contribution in [2.75, 3.05) is 19.6 Å². The predicted octanol–water partition coefficient (Wildman–Crippen LogP) is 1.52. The summed E-state index contributed by atoms with van der Waals surface area (Å²) >= 11 is 5.18. The van der Waals surface area contributed by atoms with Crippen molar-refractivity contribution in [2.45, 2.75) is 13.0 Å². The molecule has 1 saturated heterocycles. The minimum Gasteiger partial charge on any atom is -0.481 e. The van der Waals surface area contributed by atoms with Gasteiger partial charge in [-0.2, -0.15) is 0 Å². The van der Waals surface area contributed by atoms with Crippen LogP contribution in [0.15, 0.2) is 36.5 Å². The summed E-state index contributed by atoms with van der Waals surface area (Å²) in [5.74, 6) is -0.833. The van der Waals surface area contributed by atoms with Crippen molar-refractivity contribution in [1.29, 1.82) is 0 Å². The van der Waals surface area contributed by atoms with Gasteiger partial charge in [-0.15, -0.1) is 0 Å². The zero-order valence-corrected chi connectivity index (χ0v) is 13.7. The number of fused-ring (bicyclic) bond motifs is 1. The first-order valence-electron chi connectivity index (χ1n) is 7.30. The van der Waals surface area contributed by atoms with Crippen LogP contribution >= 0.6 is 12.2 Å². The highest BCUT2D eigenvalue weighted by Gasteiger charge is 2.25. The largest absolute Gasteiger partial charge is 0.481 e. The number of carbonyl (C=O) groups is 1. The van der Waals surface area contributed by atoms with Crippen LogP contribution in [0.5, 0.6) is 0 Å². The van der Waals surface area contributed by atoms with Crippen LogP contribution in [0.1, 0.15) is 18.5 Å². The molecule has 0 saturated carbocycles. The molecule has 2 heterocycles. The lowest BCUT2D eigenvalue weighted by atomic mass is 9.99. The fourth-order valence-electron chi connectivity index (χ4n) is 2.66. The highest BCUT2D eigenvalue weighted by Crippen LogP contribution is 2.28. The van der Waals surface area contributed by atoms with Gasteiger partial charge >= 0.3 is 0 Å². The Morgan fingerprint density at radius 1 is 1.43 bits per heavy atom. The number of nitrogens with one attached hydrogen (secondary N) is 1. The molecule has 1 unspecified atom stereocenters. The van der Waals surface area contributed by atoms with Crippen LogP contribution in [0.3, 0.4) is 0 Å². The average molecular weight is 332 g/mol. The Kier molecular flexibility index (Phi) is 5.84. The van der Waals surface area contributed by atoms with E-state index in [1.807, 2.05) is 24.4 Å². The number of pyridine rings is 1. The van der Waals surface area contributed by atoms with Crippen molar-refractivity contribution in [3.8, 4) is 0 Å². The van der Waals surface area contributed by atoms with Crippen LogP contribution < -0.4 is 11.1 Å². The van der Waals surface area contributed by atoms with Gasteiger partial charge in [-0.1, -0.05) is 18.2 Å². The van der Waals surface area contributed by atoms with E-state index in [0.29, 0.717) is 5.11 Å². The number of aromatic nitrogens is 1. The molecule has 2 aromatic rings. The van der Waals surface area contributed by atoms with Crippen LogP contribution in [0, 0.1) is 0 Å². The maximum atomic E-state index is 9.00. The smallest absolute Gasteiger partial charge is 0.300 e. The molecule has 7 heteroatoms. The third kappa shape index (κ3) is 4.37. The first-order chi connectivity index (χ1) is 11.0. The van der Waals surface area contributed by atoms with E-state index in [1.165, 1.54) is 10.9 Å². The molecule has 3 rings (SSSR count). The number of hydrogen-bond donors (Lipinski definition) is 3. The number of carboxylic acids is 1. The Morgan fingerprint density at radius 3 is 2.87 bits per heavy atom. The predicted molar refractivity (Wildman–Crippen MR) is 94.2 cm³/mol. The van der Waals surface area contributed by atoms with Crippen LogP contribution in [0.25, 0.3) is 10.9 Å². The maximum Gasteiger partial charge on any atom is 0.300 e. The van der Waals surface area contributed by atoms with E-state index in [1.54, 1.807) is 0 Å². The first-order valence-corrected chi connectivity index (χ1v) is 7.71. The van der Waals surface area contributed by atoms with E-state index < -0.39 is 5.97 Å². The van der Waals surface area contributed by atoms with Crippen molar-refractivity contribution >= 4 is 34.2 Å². The van der Waals surface area contributed by atoms with Crippen molar-refractivity contribution in [1.82, 2.24) is 15.2 Å². The Labute approximate surface area is 140 Å². The van der Waals surface area contributed by atoms with Gasteiger partial charge < -0.3 is 21.1 Å². The number of benzene rings is 1. The Bertz CT molecular complexity index is 698. The second-order valence-electron chi connectivity index (χ2n) is 5.19. The van der Waals surface area contributed by atoms with Gasteiger partial charge in [0.1, 0.15) is 0 Å². The summed E-state index contributed by atoms with van der Waals surface area (Å²) in [6, 6.07) is 10.4. The summed E-state index contributed by atoms with van der Waals surface area (Å²) in [5, 5.41) is 12.5. The summed E-state index contributed by atoms with van der Waals surface area (Å²) in [4.78, 5) is 15.5. The zero-order chi connectivity index (χ0) is 16.8. The van der Waals surface area contributed by atoms with Crippen molar-refractivity contribution in [2.24, 2.45) is 5.73 Å². The van der Waals surface area contributed by atoms with Crippen molar-refractivity contribution in [3.05, 3.63) is 42.1 Å². The molecule has 6 nitrogen and oxygen atoms in total. The molecule has 23 heavy (non-hydrogen) atoms. The van der Waals surface area contributed by atoms with Gasteiger partial charge in [0.15, 0.2) is 5.11 Å². The topological polar surface area (TPSA) is 91.5 Å². The molecule has 0 spiro atoms. The molecular weight excluding hydrogens is 312 g/mol. The van der Waals surface area contributed by atoms with Gasteiger partial charge in [-0.25, -0.2) is 0 Å². The van der Waals surface area contributed by atoms with Crippen molar-refractivity contribution in [3.63, 3.8) is 0 Å². The second kappa shape index (κ2) is 7.85. The summed E-state index contributed by atoms with van der Waals surface area (Å²) in [6.45, 7) is 3.69. The van der Waals surface area contributed by atoms with E-state index in [4.69, 9.17) is 27.9 Å². The number of hydrogen-bond acceptors (Lipinski definition) is 4. The first kappa shape index (κ1) is 17.1. The minimum atomic E-state index is -0.833. The Balaban J connectivity index is 0.000000433. The summed E-state index contributed by atoms with van der Waals surface area (Å²) in [7, 11) is 0. The quantitative estimate of drug-likeness (QED) is 0.682. The average Bonchev–Trinajstić information content (AvgIpc) is 2.54. The lowest BCUT2D eigenvalue weighted by Gasteiger charge is -2.37. The second-order valence-corrected chi connectivity index (χ2v) is 5.61. The van der Waals surface area contributed by atoms with Gasteiger partial charge in [0.05, 0.1) is 11.6 Å². The highest BCUT2D eigenvalue weighted by molar-refractivity contribution is 7.80. The summed E-state index contributed by atoms with van der Waals surface area (Å²) < 4.78 is 0. The number of aliphatic carboxylic acids is 1. The highest BCUT2D eigenvalue weighted by atomic mass is 32.1. The fourth-order valence-corrected chi connectivity index (χ4v) is 2.88. The SMILES string of the molecule is CC(=O)O.NC(=S)N1CCNCC1c1cccc2ncccc12. The summed E-state index contributed by atoms with van der Waals surface area (Å²) in [6.07, 6.45) is 1.82. The third-order valence-corrected chi connectivity index (χ3v) is 3.80. The maximum absolute atomic E-state index is 9.00. The van der Waals surface area contributed by atoms with Gasteiger partial charge in [0.2, 0.25) is 0 Å². The molecule has 0 bridgehead atoms. The van der Waals surface area contributed by atoms with Gasteiger partial charge in [-0.05, 0) is 29.9 Å². The zero-order valence-electron chi connectivity index (χ0n) is 12.9. The van der Waals surface area contributed by atoms with Gasteiger partial charge in [-0.3, -0.25) is 9.78 Å². The number of rotatable bonds is 1. The van der Waals surface area contributed by atoms with Crippen LogP contribution in [0.2, 0.25) is 0 Å². The third-order valence-electron chi connectivity index (χ3n) is 3.56. The molecule has 1 aromatic carbocycles. The number of nitrogens with zero attached hydrogens (tertiary/aromatic N) is 2. The Hall–Kier alpha value is -2.25. The molecule has 4 N–H and O–H groups in total. The molecule has 1 atom stereocenters. The lowest BCUT2D eigenvalue weighted by Crippen LogP contribution is -2.50. The number of carboxylic acid groups (broad SMARTS) is 1. The van der Waals surface area contributed by atoms with E-state index in [-0.39, 0.29) is 6.04 Å². The molecule has 0 amide bonds. The van der Waals surface area contributed by atoms with Crippen LogP contribution in [0.4, 0.5) is 0 Å². The van der Waals surface area contributed by atoms with E-state index >= 15 is 0 Å². The molecule has 122 valence electrons. The monoisotopic (exact) mass is 332 g/mol. The summed E-state index contributed by atoms with van der Waals surface area (Å²) in [5.41, 5.74) is 8.09. The van der Waals surface area contributed by atoms with E-state index in [0.717, 1.165) is 32.1 Å². The molecule has 1 aliphatic rings. The molecule has 0 aliphatic carbocycles.